The van der Waals surface area contributed by atoms with E-state index in [-0.39, 0.29) is 24.4 Å². The van der Waals surface area contributed by atoms with Gasteiger partial charge in [0.1, 0.15) is 17.6 Å². The molecule has 1 saturated heterocycles. The van der Waals surface area contributed by atoms with Gasteiger partial charge >= 0.3 is 0 Å². The molecule has 1 amide bonds. The summed E-state index contributed by atoms with van der Waals surface area (Å²) in [6.45, 7) is 2.00. The number of nitrogens with zero attached hydrogens (tertiary/aromatic N) is 2. The first-order valence-electron chi connectivity index (χ1n) is 7.41. The summed E-state index contributed by atoms with van der Waals surface area (Å²) < 4.78 is 10.4. The number of halogens is 1. The number of aromatic nitrogens is 3. The van der Waals surface area contributed by atoms with E-state index in [0.29, 0.717) is 38.0 Å². The van der Waals surface area contributed by atoms with Gasteiger partial charge in [0.05, 0.1) is 26.9 Å². The van der Waals surface area contributed by atoms with Crippen LogP contribution in [0.1, 0.15) is 5.82 Å². The highest BCUT2D eigenvalue weighted by Gasteiger charge is 2.21. The maximum atomic E-state index is 12.0. The van der Waals surface area contributed by atoms with Crippen molar-refractivity contribution in [2.24, 2.45) is 0 Å². The Bertz CT molecular complexity index is 655. The first-order chi connectivity index (χ1) is 11.3. The third-order valence-corrected chi connectivity index (χ3v) is 3.55. The molecule has 1 unspecified atom stereocenters. The minimum absolute atomic E-state index is 0. The summed E-state index contributed by atoms with van der Waals surface area (Å²) >= 11 is 0. The van der Waals surface area contributed by atoms with Gasteiger partial charge in [0.2, 0.25) is 5.91 Å². The van der Waals surface area contributed by atoms with Crippen molar-refractivity contribution in [3.8, 4) is 17.1 Å². The number of ether oxygens (including phenoxy) is 2. The molecular weight excluding hydrogens is 334 g/mol. The molecule has 0 radical (unpaired) electrons. The van der Waals surface area contributed by atoms with Crippen LogP contribution in [0.15, 0.2) is 24.3 Å². The van der Waals surface area contributed by atoms with Crippen molar-refractivity contribution in [1.29, 1.82) is 0 Å². The van der Waals surface area contributed by atoms with E-state index in [2.05, 4.69) is 25.8 Å². The second-order valence-electron chi connectivity index (χ2n) is 5.13. The number of methoxy groups -OCH3 is 1. The van der Waals surface area contributed by atoms with Gasteiger partial charge in [-0.05, 0) is 24.3 Å². The van der Waals surface area contributed by atoms with E-state index in [0.717, 1.165) is 11.3 Å². The molecule has 1 fully saturated rings. The minimum atomic E-state index is -0.312. The third kappa shape index (κ3) is 4.44. The molecule has 0 saturated carbocycles. The van der Waals surface area contributed by atoms with Gasteiger partial charge in [0.25, 0.3) is 0 Å². The first-order valence-corrected chi connectivity index (χ1v) is 7.41. The molecule has 24 heavy (non-hydrogen) atoms. The SMILES string of the molecule is COc1ccc(-c2n[nH]c(CNC(=O)C3COCCN3)n2)cc1.Cl. The average Bonchev–Trinajstić information content (AvgIpc) is 3.09. The van der Waals surface area contributed by atoms with E-state index in [1.807, 2.05) is 24.3 Å². The van der Waals surface area contributed by atoms with Crippen LogP contribution >= 0.6 is 12.4 Å². The second kappa shape index (κ2) is 8.62. The Morgan fingerprint density at radius 2 is 2.21 bits per heavy atom. The van der Waals surface area contributed by atoms with Crippen LogP contribution in [0.3, 0.4) is 0 Å². The number of rotatable bonds is 5. The monoisotopic (exact) mass is 353 g/mol. The average molecular weight is 354 g/mol. The summed E-state index contributed by atoms with van der Waals surface area (Å²) in [6.07, 6.45) is 0. The maximum absolute atomic E-state index is 12.0. The Hall–Kier alpha value is -2.16. The van der Waals surface area contributed by atoms with Gasteiger partial charge in [-0.2, -0.15) is 5.10 Å². The van der Waals surface area contributed by atoms with Crippen LogP contribution in [0.5, 0.6) is 5.75 Å². The third-order valence-electron chi connectivity index (χ3n) is 3.55. The lowest BCUT2D eigenvalue weighted by molar-refractivity contribution is -0.126. The molecule has 1 aliphatic heterocycles. The Morgan fingerprint density at radius 1 is 1.42 bits per heavy atom. The Kier molecular flexibility index (Phi) is 6.53. The van der Waals surface area contributed by atoms with Crippen molar-refractivity contribution >= 4 is 18.3 Å². The minimum Gasteiger partial charge on any atom is -0.497 e. The van der Waals surface area contributed by atoms with Crippen molar-refractivity contribution < 1.29 is 14.3 Å². The lowest BCUT2D eigenvalue weighted by Crippen LogP contribution is -2.51. The fourth-order valence-electron chi connectivity index (χ4n) is 2.27. The van der Waals surface area contributed by atoms with Crippen LogP contribution in [-0.2, 0) is 16.1 Å². The Balaban J connectivity index is 0.00000208. The van der Waals surface area contributed by atoms with Crippen molar-refractivity contribution in [3.63, 3.8) is 0 Å². The molecular formula is C15H20ClN5O3. The predicted octanol–water partition coefficient (Wildman–Crippen LogP) is 0.507. The number of hydrogen-bond acceptors (Lipinski definition) is 6. The predicted molar refractivity (Wildman–Crippen MR) is 90.1 cm³/mol. The molecule has 8 nitrogen and oxygen atoms in total. The van der Waals surface area contributed by atoms with Gasteiger partial charge in [0.15, 0.2) is 5.82 Å². The molecule has 9 heteroatoms. The topological polar surface area (TPSA) is 101 Å². The number of morpholine rings is 1. The molecule has 1 aromatic heterocycles. The lowest BCUT2D eigenvalue weighted by Gasteiger charge is -2.22. The highest BCUT2D eigenvalue weighted by atomic mass is 35.5. The standard InChI is InChI=1S/C15H19N5O3.ClH/c1-22-11-4-2-10(3-5-11)14-18-13(19-20-14)8-17-15(21)12-9-23-7-6-16-12;/h2-5,12,16H,6-9H2,1H3,(H,17,21)(H,18,19,20);1H. The second-order valence-corrected chi connectivity index (χ2v) is 5.13. The summed E-state index contributed by atoms with van der Waals surface area (Å²) in [7, 11) is 1.62. The molecule has 1 aliphatic rings. The van der Waals surface area contributed by atoms with E-state index < -0.39 is 0 Å². The fraction of sp³-hybridized carbons (Fsp3) is 0.400. The normalized spacial score (nSPS) is 17.0. The maximum Gasteiger partial charge on any atom is 0.239 e. The largest absolute Gasteiger partial charge is 0.497 e. The highest BCUT2D eigenvalue weighted by molar-refractivity contribution is 5.85. The number of H-pyrrole nitrogens is 1. The van der Waals surface area contributed by atoms with Gasteiger partial charge in [-0.3, -0.25) is 9.89 Å². The molecule has 1 aromatic carbocycles. The van der Waals surface area contributed by atoms with Crippen LogP contribution in [0, 0.1) is 0 Å². The van der Waals surface area contributed by atoms with Gasteiger partial charge in [0, 0.05) is 12.1 Å². The zero-order valence-corrected chi connectivity index (χ0v) is 14.1. The van der Waals surface area contributed by atoms with Crippen molar-refractivity contribution in [2.45, 2.75) is 12.6 Å². The highest BCUT2D eigenvalue weighted by Crippen LogP contribution is 2.18. The van der Waals surface area contributed by atoms with Gasteiger partial charge in [-0.15, -0.1) is 12.4 Å². The van der Waals surface area contributed by atoms with E-state index in [1.54, 1.807) is 7.11 Å². The fourth-order valence-corrected chi connectivity index (χ4v) is 2.27. The number of aromatic amines is 1. The van der Waals surface area contributed by atoms with Crippen molar-refractivity contribution in [2.75, 3.05) is 26.9 Å². The van der Waals surface area contributed by atoms with Crippen LogP contribution in [-0.4, -0.2) is 54.0 Å². The van der Waals surface area contributed by atoms with Gasteiger partial charge < -0.3 is 20.1 Å². The van der Waals surface area contributed by atoms with Crippen molar-refractivity contribution in [1.82, 2.24) is 25.8 Å². The van der Waals surface area contributed by atoms with E-state index in [9.17, 15) is 4.79 Å². The molecule has 0 spiro atoms. The van der Waals surface area contributed by atoms with Crippen LogP contribution in [0.25, 0.3) is 11.4 Å². The van der Waals surface area contributed by atoms with Gasteiger partial charge in [-0.25, -0.2) is 4.98 Å². The Labute approximate surface area is 145 Å². The molecule has 130 valence electrons. The van der Waals surface area contributed by atoms with Gasteiger partial charge in [-0.1, -0.05) is 0 Å². The number of benzene rings is 1. The molecule has 2 heterocycles. The quantitative estimate of drug-likeness (QED) is 0.724. The van der Waals surface area contributed by atoms with E-state index in [1.165, 1.54) is 0 Å². The van der Waals surface area contributed by atoms with E-state index in [4.69, 9.17) is 9.47 Å². The summed E-state index contributed by atoms with van der Waals surface area (Å²) in [5, 5.41) is 12.9. The summed E-state index contributed by atoms with van der Waals surface area (Å²) in [6, 6.07) is 7.15. The number of carbonyl (C=O) groups is 1. The summed E-state index contributed by atoms with van der Waals surface area (Å²) in [5.74, 6) is 1.85. The van der Waals surface area contributed by atoms with Crippen LogP contribution in [0.4, 0.5) is 0 Å². The lowest BCUT2D eigenvalue weighted by atomic mass is 10.2. The number of hydrogen-bond donors (Lipinski definition) is 3. The Morgan fingerprint density at radius 3 is 2.88 bits per heavy atom. The van der Waals surface area contributed by atoms with Crippen LogP contribution < -0.4 is 15.4 Å². The molecule has 0 aliphatic carbocycles. The zero-order chi connectivity index (χ0) is 16.1. The molecule has 2 aromatic rings. The van der Waals surface area contributed by atoms with E-state index >= 15 is 0 Å². The number of nitrogens with one attached hydrogen (secondary N) is 3. The zero-order valence-electron chi connectivity index (χ0n) is 13.2. The summed E-state index contributed by atoms with van der Waals surface area (Å²) in [5.41, 5.74) is 0.877. The molecule has 3 N–H and O–H groups in total. The molecule has 3 rings (SSSR count). The summed E-state index contributed by atoms with van der Waals surface area (Å²) in [4.78, 5) is 16.4. The number of amides is 1. The van der Waals surface area contributed by atoms with Crippen LogP contribution in [0.2, 0.25) is 0 Å². The first kappa shape index (κ1) is 18.2. The smallest absolute Gasteiger partial charge is 0.239 e. The van der Waals surface area contributed by atoms with Crippen molar-refractivity contribution in [3.05, 3.63) is 30.1 Å². The number of carbonyl (C=O) groups excluding carboxylic acids is 1. The molecule has 0 bridgehead atoms. The molecule has 1 atom stereocenters.